The molecule has 6 heteroatoms. The Hall–Kier alpha value is -1.21. The highest BCUT2D eigenvalue weighted by Crippen LogP contribution is 2.28. The minimum absolute atomic E-state index is 0.0149. The number of likely N-dealkylation sites (tertiary alicyclic amines) is 1. The summed E-state index contributed by atoms with van der Waals surface area (Å²) in [6.45, 7) is 4.28. The van der Waals surface area contributed by atoms with Crippen molar-refractivity contribution in [3.8, 4) is 5.75 Å². The van der Waals surface area contributed by atoms with Crippen LogP contribution >= 0.6 is 0 Å². The Labute approximate surface area is 142 Å². The third kappa shape index (κ3) is 3.88. The number of nitrogens with zero attached hydrogens (tertiary/aromatic N) is 1. The number of aryl methyl sites for hydroxylation is 1. The maximum absolute atomic E-state index is 13.3. The van der Waals surface area contributed by atoms with Crippen LogP contribution in [0.5, 0.6) is 5.75 Å². The first-order valence-corrected chi connectivity index (χ1v) is 8.59. The molecular formula is C18H26FNO4. The third-order valence-corrected chi connectivity index (χ3v) is 5.11. The Bertz CT molecular complexity index is 564. The van der Waals surface area contributed by atoms with Gasteiger partial charge in [0.1, 0.15) is 23.8 Å². The smallest absolute Gasteiger partial charge is 0.137 e. The van der Waals surface area contributed by atoms with E-state index < -0.39 is 11.7 Å². The number of benzene rings is 1. The lowest BCUT2D eigenvalue weighted by atomic mass is 9.88. The summed E-state index contributed by atoms with van der Waals surface area (Å²) in [5.41, 5.74) is -0.828. The predicted molar refractivity (Wildman–Crippen MR) is 87.6 cm³/mol. The van der Waals surface area contributed by atoms with E-state index in [1.54, 1.807) is 13.0 Å². The first kappa shape index (κ1) is 17.6. The molecule has 24 heavy (non-hydrogen) atoms. The van der Waals surface area contributed by atoms with Gasteiger partial charge < -0.3 is 19.7 Å². The van der Waals surface area contributed by atoms with Crippen LogP contribution in [0.3, 0.4) is 0 Å². The maximum atomic E-state index is 13.3. The van der Waals surface area contributed by atoms with Gasteiger partial charge in [0, 0.05) is 32.3 Å². The predicted octanol–water partition coefficient (Wildman–Crippen LogP) is 1.49. The first-order valence-electron chi connectivity index (χ1n) is 8.59. The summed E-state index contributed by atoms with van der Waals surface area (Å²) < 4.78 is 24.4. The molecule has 2 aliphatic heterocycles. The van der Waals surface area contributed by atoms with Crippen molar-refractivity contribution in [2.75, 3.05) is 32.9 Å². The third-order valence-electron chi connectivity index (χ3n) is 5.11. The molecule has 2 heterocycles. The SMILES string of the molecule is Cc1cc(OC[C@@]2(O)CN(C3CCOCC3)CC[C@@H]2O)ccc1F. The number of rotatable bonds is 4. The van der Waals surface area contributed by atoms with Crippen molar-refractivity contribution < 1.29 is 24.1 Å². The largest absolute Gasteiger partial charge is 0.490 e. The number of hydrogen-bond acceptors (Lipinski definition) is 5. The van der Waals surface area contributed by atoms with Gasteiger partial charge in [-0.2, -0.15) is 0 Å². The van der Waals surface area contributed by atoms with Gasteiger partial charge in [-0.05, 0) is 49.9 Å². The van der Waals surface area contributed by atoms with Crippen molar-refractivity contribution in [3.05, 3.63) is 29.6 Å². The lowest BCUT2D eigenvalue weighted by Gasteiger charge is -2.46. The molecule has 134 valence electrons. The van der Waals surface area contributed by atoms with Gasteiger partial charge in [0.15, 0.2) is 0 Å². The molecule has 3 rings (SSSR count). The quantitative estimate of drug-likeness (QED) is 0.870. The highest BCUT2D eigenvalue weighted by molar-refractivity contribution is 5.29. The molecule has 0 radical (unpaired) electrons. The van der Waals surface area contributed by atoms with E-state index in [1.807, 2.05) is 0 Å². The summed E-state index contributed by atoms with van der Waals surface area (Å²) in [4.78, 5) is 2.23. The lowest BCUT2D eigenvalue weighted by Crippen LogP contribution is -2.62. The van der Waals surface area contributed by atoms with E-state index in [2.05, 4.69) is 4.90 Å². The van der Waals surface area contributed by atoms with Gasteiger partial charge >= 0.3 is 0 Å². The number of aliphatic hydroxyl groups excluding tert-OH is 1. The van der Waals surface area contributed by atoms with Crippen molar-refractivity contribution in [3.63, 3.8) is 0 Å². The molecular weight excluding hydrogens is 313 g/mol. The number of hydrogen-bond donors (Lipinski definition) is 2. The molecule has 0 bridgehead atoms. The van der Waals surface area contributed by atoms with Gasteiger partial charge in [-0.3, -0.25) is 4.90 Å². The molecule has 2 fully saturated rings. The van der Waals surface area contributed by atoms with Crippen molar-refractivity contribution in [1.29, 1.82) is 0 Å². The highest BCUT2D eigenvalue weighted by Gasteiger charge is 2.43. The minimum atomic E-state index is -1.32. The van der Waals surface area contributed by atoms with Crippen LogP contribution in [0, 0.1) is 12.7 Å². The number of aliphatic hydroxyl groups is 2. The summed E-state index contributed by atoms with van der Waals surface area (Å²) in [6.07, 6.45) is 1.59. The molecule has 0 amide bonds. The molecule has 1 aromatic carbocycles. The van der Waals surface area contributed by atoms with Crippen LogP contribution < -0.4 is 4.74 Å². The highest BCUT2D eigenvalue weighted by atomic mass is 19.1. The van der Waals surface area contributed by atoms with Gasteiger partial charge in [0.25, 0.3) is 0 Å². The summed E-state index contributed by atoms with van der Waals surface area (Å²) in [7, 11) is 0. The molecule has 2 N–H and O–H groups in total. The number of ether oxygens (including phenoxy) is 2. The number of halogens is 1. The monoisotopic (exact) mass is 339 g/mol. The fourth-order valence-corrected chi connectivity index (χ4v) is 3.51. The van der Waals surface area contributed by atoms with Crippen LogP contribution in [0.25, 0.3) is 0 Å². The summed E-state index contributed by atoms with van der Waals surface area (Å²) >= 11 is 0. The van der Waals surface area contributed by atoms with Gasteiger partial charge in [-0.25, -0.2) is 4.39 Å². The number of β-amino-alcohol motifs (C(OH)–C–C–N with tert-alkyl or cyclic N) is 1. The van der Waals surface area contributed by atoms with Crippen molar-refractivity contribution in [2.45, 2.75) is 43.9 Å². The summed E-state index contributed by atoms with van der Waals surface area (Å²) in [6, 6.07) is 4.87. The van der Waals surface area contributed by atoms with E-state index in [0.29, 0.717) is 30.3 Å². The van der Waals surface area contributed by atoms with E-state index in [0.717, 1.165) is 32.6 Å². The summed E-state index contributed by atoms with van der Waals surface area (Å²) in [5, 5.41) is 21.2. The zero-order valence-electron chi connectivity index (χ0n) is 14.1. The average molecular weight is 339 g/mol. The Morgan fingerprint density at radius 3 is 2.79 bits per heavy atom. The Morgan fingerprint density at radius 2 is 2.08 bits per heavy atom. The van der Waals surface area contributed by atoms with Crippen LogP contribution in [-0.4, -0.2) is 65.8 Å². The van der Waals surface area contributed by atoms with Crippen LogP contribution in [0.2, 0.25) is 0 Å². The average Bonchev–Trinajstić information content (AvgIpc) is 2.59. The fraction of sp³-hybridized carbons (Fsp3) is 0.667. The van der Waals surface area contributed by atoms with Crippen molar-refractivity contribution in [1.82, 2.24) is 4.90 Å². The Kier molecular flexibility index (Phi) is 5.39. The van der Waals surface area contributed by atoms with Crippen molar-refractivity contribution >= 4 is 0 Å². The van der Waals surface area contributed by atoms with Crippen molar-refractivity contribution in [2.24, 2.45) is 0 Å². The van der Waals surface area contributed by atoms with Gasteiger partial charge in [-0.15, -0.1) is 0 Å². The van der Waals surface area contributed by atoms with E-state index in [1.165, 1.54) is 12.1 Å². The second-order valence-corrected chi connectivity index (χ2v) is 6.92. The molecule has 0 aromatic heterocycles. The molecule has 1 aromatic rings. The molecule has 2 atom stereocenters. The van der Waals surface area contributed by atoms with Crippen LogP contribution in [-0.2, 0) is 4.74 Å². The standard InChI is InChI=1S/C18H26FNO4/c1-13-10-15(2-3-16(13)19)24-12-18(22)11-20(7-4-17(18)21)14-5-8-23-9-6-14/h2-3,10,14,17,21-22H,4-9,11-12H2,1H3/t17-,18-/m0/s1. The molecule has 5 nitrogen and oxygen atoms in total. The van der Waals surface area contributed by atoms with E-state index in [4.69, 9.17) is 9.47 Å². The first-order chi connectivity index (χ1) is 11.5. The van der Waals surface area contributed by atoms with Crippen LogP contribution in [0.1, 0.15) is 24.8 Å². The number of piperidine rings is 1. The Balaban J connectivity index is 1.63. The Morgan fingerprint density at radius 1 is 1.33 bits per heavy atom. The molecule has 0 unspecified atom stereocenters. The maximum Gasteiger partial charge on any atom is 0.137 e. The second kappa shape index (κ2) is 7.35. The van der Waals surface area contributed by atoms with E-state index in [-0.39, 0.29) is 12.4 Å². The van der Waals surface area contributed by atoms with Crippen LogP contribution in [0.4, 0.5) is 4.39 Å². The van der Waals surface area contributed by atoms with E-state index >= 15 is 0 Å². The normalized spacial score (nSPS) is 29.6. The second-order valence-electron chi connectivity index (χ2n) is 6.92. The van der Waals surface area contributed by atoms with Gasteiger partial charge in [0.2, 0.25) is 0 Å². The molecule has 2 aliphatic rings. The molecule has 0 aliphatic carbocycles. The summed E-state index contributed by atoms with van der Waals surface area (Å²) in [5.74, 6) is 0.210. The molecule has 0 spiro atoms. The van der Waals surface area contributed by atoms with Gasteiger partial charge in [0.05, 0.1) is 6.10 Å². The molecule has 2 saturated heterocycles. The topological polar surface area (TPSA) is 62.2 Å². The minimum Gasteiger partial charge on any atom is -0.490 e. The fourth-order valence-electron chi connectivity index (χ4n) is 3.51. The zero-order valence-corrected chi connectivity index (χ0v) is 14.1. The van der Waals surface area contributed by atoms with E-state index in [9.17, 15) is 14.6 Å². The lowest BCUT2D eigenvalue weighted by molar-refractivity contribution is -0.149. The van der Waals surface area contributed by atoms with Crippen LogP contribution in [0.15, 0.2) is 18.2 Å². The van der Waals surface area contributed by atoms with Gasteiger partial charge in [-0.1, -0.05) is 0 Å². The molecule has 0 saturated carbocycles. The zero-order chi connectivity index (χ0) is 17.2.